The van der Waals surface area contributed by atoms with Crippen LogP contribution < -0.4 is 11.3 Å². The Morgan fingerprint density at radius 3 is 2.38 bits per heavy atom. The first-order chi connectivity index (χ1) is 9.91. The van der Waals surface area contributed by atoms with Gasteiger partial charge in [0.05, 0.1) is 0 Å². The third kappa shape index (κ3) is 4.29. The predicted molar refractivity (Wildman–Crippen MR) is 85.6 cm³/mol. The number of nitrogen functional groups attached to an aromatic ring is 1. The van der Waals surface area contributed by atoms with Crippen molar-refractivity contribution in [3.63, 3.8) is 0 Å². The van der Waals surface area contributed by atoms with E-state index in [9.17, 15) is 4.79 Å². The summed E-state index contributed by atoms with van der Waals surface area (Å²) in [6.45, 7) is 5.66. The summed E-state index contributed by atoms with van der Waals surface area (Å²) >= 11 is 0. The number of rotatable bonds is 4. The van der Waals surface area contributed by atoms with Crippen molar-refractivity contribution in [3.05, 3.63) is 35.4 Å². The second kappa shape index (κ2) is 6.58. The molecule has 0 saturated heterocycles. The van der Waals surface area contributed by atoms with Gasteiger partial charge < -0.3 is 0 Å². The monoisotopic (exact) mass is 289 g/mol. The van der Waals surface area contributed by atoms with Gasteiger partial charge in [0.25, 0.3) is 5.91 Å². The molecule has 2 rings (SSSR count). The van der Waals surface area contributed by atoms with Crippen LogP contribution in [-0.2, 0) is 6.54 Å². The number of carbonyl (C=O) groups excluding carboxylic acids is 1. The normalized spacial score (nSPS) is 18.7. The zero-order chi connectivity index (χ0) is 15.5. The van der Waals surface area contributed by atoms with Gasteiger partial charge in [0, 0.05) is 18.2 Å². The summed E-state index contributed by atoms with van der Waals surface area (Å²) in [7, 11) is 2.20. The second-order valence-corrected chi connectivity index (χ2v) is 6.98. The fraction of sp³-hybridized carbons (Fsp3) is 0.588. The number of hydrogen-bond donors (Lipinski definition) is 2. The third-order valence-electron chi connectivity index (χ3n) is 4.71. The molecule has 0 heterocycles. The van der Waals surface area contributed by atoms with Crippen LogP contribution in [-0.4, -0.2) is 23.9 Å². The Labute approximate surface area is 127 Å². The molecule has 1 aromatic carbocycles. The number of benzene rings is 1. The van der Waals surface area contributed by atoms with E-state index in [4.69, 9.17) is 5.84 Å². The summed E-state index contributed by atoms with van der Waals surface area (Å²) in [4.78, 5) is 13.8. The number of nitrogens with one attached hydrogen (secondary N) is 1. The minimum atomic E-state index is -0.246. The molecule has 0 atom stereocenters. The van der Waals surface area contributed by atoms with Crippen molar-refractivity contribution in [3.8, 4) is 0 Å². The highest BCUT2D eigenvalue weighted by Gasteiger charge is 2.28. The number of nitrogens with two attached hydrogens (primary N) is 1. The molecule has 4 nitrogen and oxygen atoms in total. The van der Waals surface area contributed by atoms with Crippen LogP contribution in [0.1, 0.15) is 55.5 Å². The summed E-state index contributed by atoms with van der Waals surface area (Å²) in [5.41, 5.74) is 4.49. The quantitative estimate of drug-likeness (QED) is 0.509. The molecule has 4 heteroatoms. The van der Waals surface area contributed by atoms with Gasteiger partial charge in [0.1, 0.15) is 0 Å². The Kier molecular flexibility index (Phi) is 5.01. The van der Waals surface area contributed by atoms with E-state index in [0.29, 0.717) is 17.0 Å². The first-order valence-electron chi connectivity index (χ1n) is 7.71. The Morgan fingerprint density at radius 1 is 1.29 bits per heavy atom. The number of carbonyl (C=O) groups is 1. The molecule has 1 aliphatic rings. The van der Waals surface area contributed by atoms with E-state index in [0.717, 1.165) is 6.54 Å². The topological polar surface area (TPSA) is 58.4 Å². The molecular formula is C17H27N3O. The van der Waals surface area contributed by atoms with Crippen molar-refractivity contribution in [1.82, 2.24) is 10.3 Å². The van der Waals surface area contributed by atoms with Crippen LogP contribution in [0.5, 0.6) is 0 Å². The van der Waals surface area contributed by atoms with Crippen LogP contribution in [0.2, 0.25) is 0 Å². The van der Waals surface area contributed by atoms with Gasteiger partial charge in [0.2, 0.25) is 0 Å². The van der Waals surface area contributed by atoms with Crippen molar-refractivity contribution >= 4 is 5.91 Å². The highest BCUT2D eigenvalue weighted by molar-refractivity contribution is 5.93. The Morgan fingerprint density at radius 2 is 1.86 bits per heavy atom. The van der Waals surface area contributed by atoms with Crippen molar-refractivity contribution in [2.24, 2.45) is 11.3 Å². The van der Waals surface area contributed by atoms with Crippen LogP contribution >= 0.6 is 0 Å². The predicted octanol–water partition coefficient (Wildman–Crippen LogP) is 2.69. The van der Waals surface area contributed by atoms with E-state index in [-0.39, 0.29) is 5.91 Å². The first-order valence-corrected chi connectivity index (χ1v) is 7.71. The zero-order valence-electron chi connectivity index (χ0n) is 13.4. The molecule has 0 aliphatic heterocycles. The summed E-state index contributed by atoms with van der Waals surface area (Å²) < 4.78 is 0. The molecule has 0 unspecified atom stereocenters. The summed E-state index contributed by atoms with van der Waals surface area (Å²) in [6, 6.07) is 8.34. The molecule has 1 aromatic rings. The van der Waals surface area contributed by atoms with Crippen LogP contribution in [0.25, 0.3) is 0 Å². The highest BCUT2D eigenvalue weighted by atomic mass is 16.2. The van der Waals surface area contributed by atoms with Gasteiger partial charge in [-0.2, -0.15) is 0 Å². The maximum atomic E-state index is 11.4. The fourth-order valence-electron chi connectivity index (χ4n) is 3.09. The van der Waals surface area contributed by atoms with Crippen molar-refractivity contribution in [2.75, 3.05) is 7.05 Å². The molecule has 21 heavy (non-hydrogen) atoms. The highest BCUT2D eigenvalue weighted by Crippen LogP contribution is 2.36. The largest absolute Gasteiger partial charge is 0.299 e. The molecule has 1 aliphatic carbocycles. The molecule has 116 valence electrons. The first kappa shape index (κ1) is 16.0. The van der Waals surface area contributed by atoms with Crippen LogP contribution in [0, 0.1) is 5.41 Å². The smallest absolute Gasteiger partial charge is 0.265 e. The summed E-state index contributed by atoms with van der Waals surface area (Å²) in [6.07, 6.45) is 5.16. The van der Waals surface area contributed by atoms with E-state index < -0.39 is 0 Å². The van der Waals surface area contributed by atoms with Crippen molar-refractivity contribution < 1.29 is 4.79 Å². The average molecular weight is 289 g/mol. The lowest BCUT2D eigenvalue weighted by Crippen LogP contribution is -2.36. The van der Waals surface area contributed by atoms with E-state index >= 15 is 0 Å². The van der Waals surface area contributed by atoms with Crippen LogP contribution in [0.4, 0.5) is 0 Å². The number of hydrazine groups is 1. The molecule has 1 saturated carbocycles. The van der Waals surface area contributed by atoms with E-state index in [2.05, 4.69) is 31.2 Å². The average Bonchev–Trinajstić information content (AvgIpc) is 2.47. The van der Waals surface area contributed by atoms with Gasteiger partial charge in [-0.15, -0.1) is 0 Å². The summed E-state index contributed by atoms with van der Waals surface area (Å²) in [5, 5.41) is 0. The molecule has 1 fully saturated rings. The van der Waals surface area contributed by atoms with E-state index in [1.165, 1.54) is 31.2 Å². The zero-order valence-corrected chi connectivity index (χ0v) is 13.4. The SMILES string of the molecule is CN(Cc1ccc(C(=O)NN)cc1)C1CCC(C)(C)CC1. The van der Waals surface area contributed by atoms with Crippen LogP contribution in [0.15, 0.2) is 24.3 Å². The van der Waals surface area contributed by atoms with Crippen molar-refractivity contribution in [1.29, 1.82) is 0 Å². The maximum absolute atomic E-state index is 11.4. The van der Waals surface area contributed by atoms with Gasteiger partial charge in [-0.1, -0.05) is 26.0 Å². The number of nitrogens with zero attached hydrogens (tertiary/aromatic N) is 1. The number of hydrogen-bond acceptors (Lipinski definition) is 3. The molecule has 0 aromatic heterocycles. The second-order valence-electron chi connectivity index (χ2n) is 6.98. The van der Waals surface area contributed by atoms with Gasteiger partial charge in [-0.3, -0.25) is 15.1 Å². The van der Waals surface area contributed by atoms with Gasteiger partial charge in [-0.05, 0) is 55.8 Å². The lowest BCUT2D eigenvalue weighted by Gasteiger charge is -2.38. The molecule has 0 spiro atoms. The maximum Gasteiger partial charge on any atom is 0.265 e. The van der Waals surface area contributed by atoms with E-state index in [1.54, 1.807) is 0 Å². The molecular weight excluding hydrogens is 262 g/mol. The number of amides is 1. The molecule has 1 amide bonds. The minimum absolute atomic E-state index is 0.246. The fourth-order valence-corrected chi connectivity index (χ4v) is 3.09. The van der Waals surface area contributed by atoms with Gasteiger partial charge >= 0.3 is 0 Å². The molecule has 0 radical (unpaired) electrons. The molecule has 0 bridgehead atoms. The van der Waals surface area contributed by atoms with E-state index in [1.807, 2.05) is 24.3 Å². The lowest BCUT2D eigenvalue weighted by atomic mass is 9.75. The standard InChI is InChI=1S/C17H27N3O/c1-17(2)10-8-15(9-11-17)20(3)12-13-4-6-14(7-5-13)16(21)19-18/h4-7,15H,8-12,18H2,1-3H3,(H,19,21). The summed E-state index contributed by atoms with van der Waals surface area (Å²) in [5.74, 6) is 4.89. The third-order valence-corrected chi connectivity index (χ3v) is 4.71. The van der Waals surface area contributed by atoms with Crippen molar-refractivity contribution in [2.45, 2.75) is 52.1 Å². The molecule has 3 N–H and O–H groups in total. The van der Waals surface area contributed by atoms with Gasteiger partial charge in [-0.25, -0.2) is 5.84 Å². The minimum Gasteiger partial charge on any atom is -0.299 e. The van der Waals surface area contributed by atoms with Gasteiger partial charge in [0.15, 0.2) is 0 Å². The Hall–Kier alpha value is -1.39. The van der Waals surface area contributed by atoms with Crippen LogP contribution in [0.3, 0.4) is 0 Å². The lowest BCUT2D eigenvalue weighted by molar-refractivity contribution is 0.0953. The Balaban J connectivity index is 1.91. The Bertz CT molecular complexity index is 471.